The van der Waals surface area contributed by atoms with Crippen LogP contribution in [0.5, 0.6) is 0 Å². The minimum Gasteiger partial charge on any atom is -0.320 e. The van der Waals surface area contributed by atoms with Crippen molar-refractivity contribution in [3.63, 3.8) is 0 Å². The third kappa shape index (κ3) is 3.61. The molecule has 0 radical (unpaired) electrons. The molecule has 0 atom stereocenters. The lowest BCUT2D eigenvalue weighted by Crippen LogP contribution is -2.08. The largest absolute Gasteiger partial charge is 0.320 e. The smallest absolute Gasteiger partial charge is 0.197 e. The molecule has 0 aliphatic carbocycles. The van der Waals surface area contributed by atoms with Crippen molar-refractivity contribution in [2.24, 2.45) is 7.05 Å². The Labute approximate surface area is 88.9 Å². The number of hydrogen-bond donors (Lipinski definition) is 0. The van der Waals surface area contributed by atoms with Crippen LogP contribution in [0.25, 0.3) is 0 Å². The lowest BCUT2D eigenvalue weighted by atomic mass is 10.2. The maximum Gasteiger partial charge on any atom is 0.197 e. The summed E-state index contributed by atoms with van der Waals surface area (Å²) >= 11 is 0. The van der Waals surface area contributed by atoms with E-state index in [2.05, 4.69) is 5.10 Å². The van der Waals surface area contributed by atoms with Gasteiger partial charge in [-0.2, -0.15) is 5.10 Å². The molecule has 1 rings (SSSR count). The normalized spacial score (nSPS) is 11.7. The van der Waals surface area contributed by atoms with E-state index in [0.29, 0.717) is 11.3 Å². The first-order valence-corrected chi connectivity index (χ1v) is 7.04. The van der Waals surface area contributed by atoms with Gasteiger partial charge in [-0.3, -0.25) is 14.0 Å². The molecule has 1 aromatic heterocycles. The van der Waals surface area contributed by atoms with E-state index in [1.807, 2.05) is 0 Å². The van der Waals surface area contributed by atoms with E-state index < -0.39 is 7.37 Å². The van der Waals surface area contributed by atoms with Crippen LogP contribution in [0.2, 0.25) is 0 Å². The molecule has 0 amide bonds. The number of hydrogen-bond acceptors (Lipinski definition) is 4. The van der Waals surface area contributed by atoms with E-state index in [4.69, 9.17) is 4.52 Å². The van der Waals surface area contributed by atoms with Crippen molar-refractivity contribution in [3.8, 4) is 0 Å². The highest BCUT2D eigenvalue weighted by atomic mass is 31.2. The molecule has 84 valence electrons. The minimum atomic E-state index is -2.60. The van der Waals surface area contributed by atoms with Crippen LogP contribution in [-0.4, -0.2) is 35.5 Å². The van der Waals surface area contributed by atoms with Gasteiger partial charge >= 0.3 is 0 Å². The molecule has 0 spiro atoms. The van der Waals surface area contributed by atoms with Gasteiger partial charge in [0, 0.05) is 26.6 Å². The SMILES string of the molecule is Cc1nn(C)cc1C(=O)COP(C)(C)=O. The number of rotatable bonds is 4. The van der Waals surface area contributed by atoms with Gasteiger partial charge in [-0.1, -0.05) is 0 Å². The van der Waals surface area contributed by atoms with E-state index in [9.17, 15) is 9.36 Å². The number of carbonyl (C=O) groups excluding carboxylic acids is 1. The molecule has 0 unspecified atom stereocenters. The molecule has 6 heteroatoms. The summed E-state index contributed by atoms with van der Waals surface area (Å²) in [4.78, 5) is 11.6. The Bertz CT molecular complexity index is 419. The van der Waals surface area contributed by atoms with E-state index >= 15 is 0 Å². The topological polar surface area (TPSA) is 61.2 Å². The van der Waals surface area contributed by atoms with Gasteiger partial charge < -0.3 is 4.52 Å². The Morgan fingerprint density at radius 3 is 2.60 bits per heavy atom. The Morgan fingerprint density at radius 1 is 1.60 bits per heavy atom. The summed E-state index contributed by atoms with van der Waals surface area (Å²) in [6, 6.07) is 0. The monoisotopic (exact) mass is 230 g/mol. The van der Waals surface area contributed by atoms with Crippen molar-refractivity contribution in [3.05, 3.63) is 17.5 Å². The van der Waals surface area contributed by atoms with Gasteiger partial charge in [-0.25, -0.2) is 0 Å². The first-order chi connectivity index (χ1) is 6.79. The van der Waals surface area contributed by atoms with Crippen LogP contribution in [0.4, 0.5) is 0 Å². The van der Waals surface area contributed by atoms with Crippen molar-refractivity contribution in [2.75, 3.05) is 19.9 Å². The van der Waals surface area contributed by atoms with Crippen LogP contribution in [-0.2, 0) is 16.1 Å². The standard InChI is InChI=1S/C9H15N2O3P/c1-7-8(5-11(2)10-7)9(12)6-14-15(3,4)13/h5H,6H2,1-4H3. The zero-order valence-electron chi connectivity index (χ0n) is 9.35. The molecular formula is C9H15N2O3P. The molecule has 0 aromatic carbocycles. The van der Waals surface area contributed by atoms with Crippen molar-refractivity contribution in [1.29, 1.82) is 0 Å². The van der Waals surface area contributed by atoms with Crippen molar-refractivity contribution in [1.82, 2.24) is 9.78 Å². The zero-order valence-corrected chi connectivity index (χ0v) is 10.2. The highest BCUT2D eigenvalue weighted by Gasteiger charge is 2.16. The second kappa shape index (κ2) is 4.29. The van der Waals surface area contributed by atoms with Crippen LogP contribution in [0.15, 0.2) is 6.20 Å². The van der Waals surface area contributed by atoms with Gasteiger partial charge in [0.1, 0.15) is 6.61 Å². The van der Waals surface area contributed by atoms with Crippen LogP contribution >= 0.6 is 7.37 Å². The maximum atomic E-state index is 11.6. The number of carbonyl (C=O) groups is 1. The quantitative estimate of drug-likeness (QED) is 0.580. The lowest BCUT2D eigenvalue weighted by molar-refractivity contribution is 0.0923. The summed E-state index contributed by atoms with van der Waals surface area (Å²) in [5.74, 6) is -0.190. The second-order valence-electron chi connectivity index (χ2n) is 3.75. The van der Waals surface area contributed by atoms with E-state index in [-0.39, 0.29) is 12.4 Å². The van der Waals surface area contributed by atoms with Crippen LogP contribution < -0.4 is 0 Å². The van der Waals surface area contributed by atoms with Gasteiger partial charge in [0.25, 0.3) is 0 Å². The van der Waals surface area contributed by atoms with Crippen molar-refractivity contribution < 1.29 is 13.9 Å². The number of ketones is 1. The molecule has 1 aromatic rings. The summed E-state index contributed by atoms with van der Waals surface area (Å²) < 4.78 is 17.8. The summed E-state index contributed by atoms with van der Waals surface area (Å²) in [5.41, 5.74) is 1.18. The third-order valence-electron chi connectivity index (χ3n) is 1.82. The molecule has 15 heavy (non-hydrogen) atoms. The first kappa shape index (κ1) is 12.1. The predicted molar refractivity (Wildman–Crippen MR) is 57.7 cm³/mol. The Kier molecular flexibility index (Phi) is 3.47. The fraction of sp³-hybridized carbons (Fsp3) is 0.556. The average Bonchev–Trinajstić information content (AvgIpc) is 2.40. The fourth-order valence-corrected chi connectivity index (χ4v) is 1.59. The molecule has 0 aliphatic heterocycles. The molecule has 5 nitrogen and oxygen atoms in total. The third-order valence-corrected chi connectivity index (χ3v) is 2.57. The van der Waals surface area contributed by atoms with Gasteiger partial charge in [0.2, 0.25) is 0 Å². The predicted octanol–water partition coefficient (Wildman–Crippen LogP) is 1.47. The molecular weight excluding hydrogens is 215 g/mol. The fourth-order valence-electron chi connectivity index (χ4n) is 1.17. The number of nitrogens with zero attached hydrogens (tertiary/aromatic N) is 2. The minimum absolute atomic E-state index is 0.156. The summed E-state index contributed by atoms with van der Waals surface area (Å²) in [5, 5.41) is 4.05. The zero-order chi connectivity index (χ0) is 11.6. The second-order valence-corrected chi connectivity index (χ2v) is 6.51. The average molecular weight is 230 g/mol. The van der Waals surface area contributed by atoms with Crippen LogP contribution in [0.1, 0.15) is 16.1 Å². The lowest BCUT2D eigenvalue weighted by Gasteiger charge is -2.06. The van der Waals surface area contributed by atoms with Gasteiger partial charge in [0.05, 0.1) is 11.3 Å². The van der Waals surface area contributed by atoms with E-state index in [0.717, 1.165) is 0 Å². The molecule has 0 aliphatic rings. The maximum absolute atomic E-state index is 11.6. The first-order valence-electron chi connectivity index (χ1n) is 4.52. The molecule has 0 saturated carbocycles. The van der Waals surface area contributed by atoms with Gasteiger partial charge in [-0.15, -0.1) is 0 Å². The van der Waals surface area contributed by atoms with E-state index in [1.165, 1.54) is 13.3 Å². The van der Waals surface area contributed by atoms with Gasteiger partial charge in [-0.05, 0) is 6.92 Å². The Hall–Kier alpha value is -0.930. The molecule has 0 N–H and O–H groups in total. The van der Waals surface area contributed by atoms with Gasteiger partial charge in [0.15, 0.2) is 13.2 Å². The molecule has 1 heterocycles. The number of Topliss-reactive ketones (excluding diaryl/α,β-unsaturated/α-hetero) is 1. The summed E-state index contributed by atoms with van der Waals surface area (Å²) in [7, 11) is -0.851. The van der Waals surface area contributed by atoms with Crippen LogP contribution in [0, 0.1) is 6.92 Å². The molecule has 0 bridgehead atoms. The van der Waals surface area contributed by atoms with Crippen LogP contribution in [0.3, 0.4) is 0 Å². The summed E-state index contributed by atoms with van der Waals surface area (Å²) in [6.45, 7) is 4.56. The van der Waals surface area contributed by atoms with Crippen molar-refractivity contribution in [2.45, 2.75) is 6.92 Å². The molecule has 0 fully saturated rings. The molecule has 0 saturated heterocycles. The highest BCUT2D eigenvalue weighted by Crippen LogP contribution is 2.37. The summed E-state index contributed by atoms with van der Waals surface area (Å²) in [6.07, 6.45) is 1.64. The Morgan fingerprint density at radius 2 is 2.20 bits per heavy atom. The highest BCUT2D eigenvalue weighted by molar-refractivity contribution is 7.57. The number of aromatic nitrogens is 2. The van der Waals surface area contributed by atoms with E-state index in [1.54, 1.807) is 24.9 Å². The number of aryl methyl sites for hydroxylation is 2. The van der Waals surface area contributed by atoms with Crippen molar-refractivity contribution >= 4 is 13.2 Å². The Balaban J connectivity index is 2.70.